The Hall–Kier alpha value is -2.12. The molecule has 0 unspecified atom stereocenters. The number of quaternary nitrogens is 2. The van der Waals surface area contributed by atoms with Gasteiger partial charge >= 0.3 is 0 Å². The molecule has 1 aliphatic heterocycles. The summed E-state index contributed by atoms with van der Waals surface area (Å²) in [5.41, 5.74) is 0.616. The molecule has 1 aromatic rings. The minimum atomic E-state index is -1.16. The lowest BCUT2D eigenvalue weighted by Crippen LogP contribution is -3.29. The number of hydrogen-bond donors (Lipinski definition) is 3. The van der Waals surface area contributed by atoms with Gasteiger partial charge in [-0.1, -0.05) is 0 Å². The van der Waals surface area contributed by atoms with Gasteiger partial charge in [-0.25, -0.2) is 0 Å². The Morgan fingerprint density at radius 1 is 1.22 bits per heavy atom. The third-order valence-corrected chi connectivity index (χ3v) is 4.29. The molecule has 23 heavy (non-hydrogen) atoms. The molecule has 1 amide bonds. The van der Waals surface area contributed by atoms with E-state index >= 15 is 0 Å². The Kier molecular flexibility index (Phi) is 5.95. The van der Waals surface area contributed by atoms with Gasteiger partial charge in [0, 0.05) is 5.69 Å². The van der Waals surface area contributed by atoms with Crippen molar-refractivity contribution in [3.05, 3.63) is 24.3 Å². The van der Waals surface area contributed by atoms with Crippen molar-refractivity contribution >= 4 is 17.6 Å². The van der Waals surface area contributed by atoms with Gasteiger partial charge in [0.1, 0.15) is 38.0 Å². The van der Waals surface area contributed by atoms with Crippen LogP contribution in [-0.4, -0.2) is 58.3 Å². The van der Waals surface area contributed by atoms with Crippen LogP contribution in [0.4, 0.5) is 5.69 Å². The van der Waals surface area contributed by atoms with Gasteiger partial charge in [-0.2, -0.15) is 0 Å². The Morgan fingerprint density at radius 2 is 1.83 bits per heavy atom. The summed E-state index contributed by atoms with van der Waals surface area (Å²) < 4.78 is 5.05. The Balaban J connectivity index is 1.93. The van der Waals surface area contributed by atoms with E-state index in [0.29, 0.717) is 11.4 Å². The van der Waals surface area contributed by atoms with Gasteiger partial charge in [-0.3, -0.25) is 4.79 Å². The number of hydrogen-bond acceptors (Lipinski definition) is 4. The Morgan fingerprint density at radius 3 is 2.35 bits per heavy atom. The minimum Gasteiger partial charge on any atom is -0.544 e. The van der Waals surface area contributed by atoms with Crippen LogP contribution in [0.2, 0.25) is 0 Å². The van der Waals surface area contributed by atoms with Gasteiger partial charge in [-0.15, -0.1) is 0 Å². The first-order chi connectivity index (χ1) is 11.0. The SMILES string of the molecule is COc1ccc(NC(=O)C[C@@H](C(=O)[O-])[NH+]2CC[NH+](C)CC2)cc1. The van der Waals surface area contributed by atoms with Gasteiger partial charge < -0.3 is 29.8 Å². The van der Waals surface area contributed by atoms with Crippen LogP contribution in [-0.2, 0) is 9.59 Å². The topological polar surface area (TPSA) is 87.3 Å². The zero-order valence-electron chi connectivity index (χ0n) is 13.6. The van der Waals surface area contributed by atoms with Crippen molar-refractivity contribution in [2.45, 2.75) is 12.5 Å². The molecule has 1 atom stereocenters. The average Bonchev–Trinajstić information content (AvgIpc) is 2.54. The first-order valence-electron chi connectivity index (χ1n) is 7.80. The molecule has 126 valence electrons. The highest BCUT2D eigenvalue weighted by Gasteiger charge is 2.30. The molecule has 7 nitrogen and oxygen atoms in total. The summed E-state index contributed by atoms with van der Waals surface area (Å²) in [4.78, 5) is 25.9. The fourth-order valence-electron chi connectivity index (χ4n) is 2.81. The summed E-state index contributed by atoms with van der Waals surface area (Å²) in [6, 6.07) is 6.11. The number of piperazine rings is 1. The number of carboxylic acids is 1. The number of aliphatic carboxylic acids is 1. The molecule has 0 spiro atoms. The van der Waals surface area contributed by atoms with Crippen molar-refractivity contribution in [3.8, 4) is 5.75 Å². The highest BCUT2D eigenvalue weighted by atomic mass is 16.5. The van der Waals surface area contributed by atoms with Crippen molar-refractivity contribution in [1.82, 2.24) is 0 Å². The predicted octanol–water partition coefficient (Wildman–Crippen LogP) is -3.44. The number of nitrogens with one attached hydrogen (secondary N) is 3. The zero-order chi connectivity index (χ0) is 16.8. The fourth-order valence-corrected chi connectivity index (χ4v) is 2.81. The van der Waals surface area contributed by atoms with Crippen LogP contribution < -0.4 is 25.0 Å². The maximum atomic E-state index is 12.1. The first-order valence-corrected chi connectivity index (χ1v) is 7.80. The lowest BCUT2D eigenvalue weighted by molar-refractivity contribution is -1.01. The molecule has 0 aromatic heterocycles. The van der Waals surface area contributed by atoms with Crippen molar-refractivity contribution < 1.29 is 29.2 Å². The number of likely N-dealkylation sites (N-methyl/N-ethyl adjacent to an activating group) is 1. The molecule has 0 saturated carbocycles. The number of carboxylic acid groups (broad SMARTS) is 1. The number of amides is 1. The number of anilines is 1. The van der Waals surface area contributed by atoms with E-state index in [1.807, 2.05) is 0 Å². The van der Waals surface area contributed by atoms with E-state index in [4.69, 9.17) is 4.74 Å². The van der Waals surface area contributed by atoms with E-state index in [0.717, 1.165) is 31.1 Å². The smallest absolute Gasteiger partial charge is 0.230 e. The molecule has 1 fully saturated rings. The second kappa shape index (κ2) is 7.94. The molecule has 1 aliphatic rings. The van der Waals surface area contributed by atoms with Crippen LogP contribution >= 0.6 is 0 Å². The summed E-state index contributed by atoms with van der Waals surface area (Å²) in [5, 5.41) is 14.1. The van der Waals surface area contributed by atoms with Crippen LogP contribution in [0.5, 0.6) is 5.75 Å². The van der Waals surface area contributed by atoms with Crippen LogP contribution in [0, 0.1) is 0 Å². The lowest BCUT2D eigenvalue weighted by atomic mass is 10.1. The highest BCUT2D eigenvalue weighted by molar-refractivity contribution is 5.93. The van der Waals surface area contributed by atoms with E-state index in [1.165, 1.54) is 4.90 Å². The van der Waals surface area contributed by atoms with Gasteiger partial charge in [-0.05, 0) is 24.3 Å². The van der Waals surface area contributed by atoms with E-state index in [2.05, 4.69) is 12.4 Å². The van der Waals surface area contributed by atoms with Gasteiger partial charge in [0.25, 0.3) is 0 Å². The number of carbonyl (C=O) groups is 2. The number of benzene rings is 1. The monoisotopic (exact) mass is 322 g/mol. The molecule has 1 aromatic carbocycles. The molecule has 1 saturated heterocycles. The number of carbonyl (C=O) groups excluding carboxylic acids is 2. The maximum Gasteiger partial charge on any atom is 0.230 e. The maximum absolute atomic E-state index is 12.1. The average molecular weight is 322 g/mol. The van der Waals surface area contributed by atoms with E-state index in [-0.39, 0.29) is 12.3 Å². The Labute approximate surface area is 135 Å². The molecule has 0 aliphatic carbocycles. The summed E-state index contributed by atoms with van der Waals surface area (Å²) in [6.45, 7) is 3.28. The Bertz CT molecular complexity index is 539. The van der Waals surface area contributed by atoms with Gasteiger partial charge in [0.05, 0.1) is 26.5 Å². The summed E-state index contributed by atoms with van der Waals surface area (Å²) in [5.74, 6) is -0.785. The second-order valence-electron chi connectivity index (χ2n) is 5.97. The molecule has 7 heteroatoms. The fraction of sp³-hybridized carbons (Fsp3) is 0.500. The normalized spacial score (nSPS) is 22.2. The van der Waals surface area contributed by atoms with Crippen LogP contribution in [0.15, 0.2) is 24.3 Å². The van der Waals surface area contributed by atoms with Crippen molar-refractivity contribution in [1.29, 1.82) is 0 Å². The molecule has 0 radical (unpaired) electrons. The number of methoxy groups -OCH3 is 1. The molecular weight excluding hydrogens is 298 g/mol. The van der Waals surface area contributed by atoms with Gasteiger partial charge in [0.15, 0.2) is 0 Å². The molecule has 0 bridgehead atoms. The third kappa shape index (κ3) is 4.94. The zero-order valence-corrected chi connectivity index (χ0v) is 13.6. The van der Waals surface area contributed by atoms with Crippen molar-refractivity contribution in [3.63, 3.8) is 0 Å². The predicted molar refractivity (Wildman–Crippen MR) is 82.4 cm³/mol. The standard InChI is InChI=1S/C16H23N3O4/c1-18-7-9-19(10-8-18)14(16(21)22)11-15(20)17-12-3-5-13(23-2)6-4-12/h3-6,14H,7-11H2,1-2H3,(H,17,20)(H,21,22)/p+1/t14-/m0/s1. The summed E-state index contributed by atoms with van der Waals surface area (Å²) in [6.07, 6.45) is -0.0806. The van der Waals surface area contributed by atoms with Crippen LogP contribution in [0.1, 0.15) is 6.42 Å². The lowest BCUT2D eigenvalue weighted by Gasteiger charge is -2.33. The quantitative estimate of drug-likeness (QED) is 0.508. The minimum absolute atomic E-state index is 0.0806. The molecule has 2 rings (SSSR count). The second-order valence-corrected chi connectivity index (χ2v) is 5.97. The number of rotatable bonds is 6. The first kappa shape index (κ1) is 17.2. The third-order valence-electron chi connectivity index (χ3n) is 4.29. The number of ether oxygens (including phenoxy) is 1. The van der Waals surface area contributed by atoms with Crippen LogP contribution in [0.3, 0.4) is 0 Å². The largest absolute Gasteiger partial charge is 0.544 e. The van der Waals surface area contributed by atoms with Gasteiger partial charge in [0.2, 0.25) is 5.91 Å². The molecule has 1 heterocycles. The summed E-state index contributed by atoms with van der Waals surface area (Å²) >= 11 is 0. The van der Waals surface area contributed by atoms with Crippen molar-refractivity contribution in [2.24, 2.45) is 0 Å². The van der Waals surface area contributed by atoms with Crippen molar-refractivity contribution in [2.75, 3.05) is 45.7 Å². The van der Waals surface area contributed by atoms with Crippen LogP contribution in [0.25, 0.3) is 0 Å². The highest BCUT2D eigenvalue weighted by Crippen LogP contribution is 2.15. The molecule has 3 N–H and O–H groups in total. The molecular formula is C16H24N3O4+. The van der Waals surface area contributed by atoms with E-state index in [9.17, 15) is 14.7 Å². The summed E-state index contributed by atoms with van der Waals surface area (Å²) in [7, 11) is 3.65. The van der Waals surface area contributed by atoms with E-state index in [1.54, 1.807) is 31.4 Å². The van der Waals surface area contributed by atoms with E-state index < -0.39 is 12.0 Å².